The molecule has 0 saturated carbocycles. The van der Waals surface area contributed by atoms with Crippen LogP contribution in [0.4, 0.5) is 0 Å². The van der Waals surface area contributed by atoms with Gasteiger partial charge < -0.3 is 0 Å². The summed E-state index contributed by atoms with van der Waals surface area (Å²) in [5, 5.41) is 4.24. The van der Waals surface area contributed by atoms with Crippen molar-refractivity contribution in [3.05, 3.63) is 57.0 Å². The number of nitrogens with zero attached hydrogens (tertiary/aromatic N) is 2. The van der Waals surface area contributed by atoms with Gasteiger partial charge >= 0.3 is 0 Å². The topological polar surface area (TPSA) is 34.9 Å². The molecule has 0 radical (unpaired) electrons. The van der Waals surface area contributed by atoms with E-state index in [-0.39, 0.29) is 16.0 Å². The van der Waals surface area contributed by atoms with E-state index in [0.29, 0.717) is 0 Å². The van der Waals surface area contributed by atoms with Crippen molar-refractivity contribution in [3.8, 4) is 0 Å². The second-order valence-electron chi connectivity index (χ2n) is 5.99. The van der Waals surface area contributed by atoms with Crippen molar-refractivity contribution in [2.24, 2.45) is 7.05 Å². The van der Waals surface area contributed by atoms with Gasteiger partial charge in [-0.1, -0.05) is 56.6 Å². The lowest BCUT2D eigenvalue weighted by molar-refractivity contribution is 0.590. The number of rotatable bonds is 3. The Labute approximate surface area is 134 Å². The Morgan fingerprint density at radius 3 is 2.43 bits per heavy atom. The molecule has 2 rings (SSSR count). The molecule has 0 aliphatic rings. The Morgan fingerprint density at radius 1 is 1.24 bits per heavy atom. The fourth-order valence-corrected chi connectivity index (χ4v) is 3.04. The van der Waals surface area contributed by atoms with E-state index in [2.05, 4.69) is 50.1 Å². The standard InChI is InChI=1S/C16H19ClN2OS/c1-16(2,3)12-7-5-11(6-8-12)10-21-13-9-18-19(4)15(20)14(13)17/h5-9H,10H2,1-4H3. The maximum absolute atomic E-state index is 11.7. The number of aromatic nitrogens is 2. The first-order valence-corrected chi connectivity index (χ1v) is 8.09. The molecule has 0 unspecified atom stereocenters. The molecule has 0 aliphatic heterocycles. The molecule has 1 aromatic heterocycles. The smallest absolute Gasteiger partial charge is 0.266 e. The van der Waals surface area contributed by atoms with E-state index >= 15 is 0 Å². The van der Waals surface area contributed by atoms with E-state index in [9.17, 15) is 4.79 Å². The summed E-state index contributed by atoms with van der Waals surface area (Å²) >= 11 is 7.58. The van der Waals surface area contributed by atoms with Crippen LogP contribution in [0.25, 0.3) is 0 Å². The highest BCUT2D eigenvalue weighted by atomic mass is 35.5. The van der Waals surface area contributed by atoms with Gasteiger partial charge in [-0.15, -0.1) is 11.8 Å². The van der Waals surface area contributed by atoms with Gasteiger partial charge in [0.1, 0.15) is 5.02 Å². The molecular formula is C16H19ClN2OS. The first-order valence-electron chi connectivity index (χ1n) is 6.73. The minimum Gasteiger partial charge on any atom is -0.266 e. The van der Waals surface area contributed by atoms with E-state index in [0.717, 1.165) is 10.6 Å². The van der Waals surface area contributed by atoms with Gasteiger partial charge in [0, 0.05) is 12.8 Å². The highest BCUT2D eigenvalue weighted by Crippen LogP contribution is 2.28. The molecule has 112 valence electrons. The normalized spacial score (nSPS) is 11.7. The number of hydrogen-bond donors (Lipinski definition) is 0. The highest BCUT2D eigenvalue weighted by molar-refractivity contribution is 7.98. The van der Waals surface area contributed by atoms with E-state index in [4.69, 9.17) is 11.6 Å². The summed E-state index contributed by atoms with van der Waals surface area (Å²) < 4.78 is 1.24. The minimum absolute atomic E-state index is 0.157. The van der Waals surface area contributed by atoms with Crippen LogP contribution in [0, 0.1) is 0 Å². The molecule has 1 heterocycles. The van der Waals surface area contributed by atoms with Crippen molar-refractivity contribution in [2.45, 2.75) is 36.8 Å². The molecule has 0 saturated heterocycles. The third kappa shape index (κ3) is 3.89. The van der Waals surface area contributed by atoms with Gasteiger partial charge in [-0.3, -0.25) is 4.79 Å². The molecule has 0 atom stereocenters. The van der Waals surface area contributed by atoms with Crippen LogP contribution >= 0.6 is 23.4 Å². The molecule has 1 aromatic carbocycles. The number of hydrogen-bond acceptors (Lipinski definition) is 3. The Kier molecular flexibility index (Phi) is 4.79. The maximum atomic E-state index is 11.7. The summed E-state index contributed by atoms with van der Waals surface area (Å²) in [5.41, 5.74) is 2.41. The van der Waals surface area contributed by atoms with Gasteiger partial charge in [-0.25, -0.2) is 4.68 Å². The highest BCUT2D eigenvalue weighted by Gasteiger charge is 2.13. The summed E-state index contributed by atoms with van der Waals surface area (Å²) in [6.07, 6.45) is 1.64. The predicted octanol–water partition coefficient (Wildman–Crippen LogP) is 4.02. The van der Waals surface area contributed by atoms with Crippen molar-refractivity contribution in [1.29, 1.82) is 0 Å². The SMILES string of the molecule is Cn1ncc(SCc2ccc(C(C)(C)C)cc2)c(Cl)c1=O. The third-order valence-corrected chi connectivity index (χ3v) is 4.84. The lowest BCUT2D eigenvalue weighted by atomic mass is 9.87. The molecule has 21 heavy (non-hydrogen) atoms. The number of benzene rings is 1. The molecule has 3 nitrogen and oxygen atoms in total. The predicted molar refractivity (Wildman–Crippen MR) is 89.2 cm³/mol. The quantitative estimate of drug-likeness (QED) is 0.800. The average Bonchev–Trinajstić information content (AvgIpc) is 2.43. The van der Waals surface area contributed by atoms with Crippen LogP contribution in [-0.4, -0.2) is 9.78 Å². The Bertz CT molecular complexity index is 687. The summed E-state index contributed by atoms with van der Waals surface area (Å²) in [6.45, 7) is 6.59. The zero-order chi connectivity index (χ0) is 15.6. The van der Waals surface area contributed by atoms with E-state index in [1.54, 1.807) is 13.2 Å². The van der Waals surface area contributed by atoms with Gasteiger partial charge in [0.2, 0.25) is 0 Å². The number of halogens is 1. The van der Waals surface area contributed by atoms with Gasteiger partial charge in [-0.2, -0.15) is 5.10 Å². The molecule has 0 fully saturated rings. The van der Waals surface area contributed by atoms with Crippen LogP contribution in [0.5, 0.6) is 0 Å². The van der Waals surface area contributed by atoms with E-state index in [1.165, 1.54) is 27.6 Å². The van der Waals surface area contributed by atoms with Crippen LogP contribution in [0.1, 0.15) is 31.9 Å². The molecule has 0 amide bonds. The van der Waals surface area contributed by atoms with Crippen LogP contribution < -0.4 is 5.56 Å². The molecular weight excluding hydrogens is 304 g/mol. The van der Waals surface area contributed by atoms with E-state index < -0.39 is 0 Å². The fourth-order valence-electron chi connectivity index (χ4n) is 1.86. The number of thioether (sulfide) groups is 1. The molecule has 2 aromatic rings. The zero-order valence-electron chi connectivity index (χ0n) is 12.7. The molecule has 0 N–H and O–H groups in total. The van der Waals surface area contributed by atoms with Gasteiger partial charge in [0.15, 0.2) is 0 Å². The summed E-state index contributed by atoms with van der Waals surface area (Å²) in [7, 11) is 1.59. The van der Waals surface area contributed by atoms with Gasteiger partial charge in [0.25, 0.3) is 5.56 Å². The van der Waals surface area contributed by atoms with Crippen LogP contribution in [0.3, 0.4) is 0 Å². The molecule has 0 bridgehead atoms. The second-order valence-corrected chi connectivity index (χ2v) is 7.38. The second kappa shape index (κ2) is 6.24. The van der Waals surface area contributed by atoms with Crippen molar-refractivity contribution in [2.75, 3.05) is 0 Å². The molecule has 0 aliphatic carbocycles. The monoisotopic (exact) mass is 322 g/mol. The van der Waals surface area contributed by atoms with Crippen molar-refractivity contribution >= 4 is 23.4 Å². The van der Waals surface area contributed by atoms with Crippen LogP contribution in [0.2, 0.25) is 5.02 Å². The van der Waals surface area contributed by atoms with Crippen molar-refractivity contribution < 1.29 is 0 Å². The Balaban J connectivity index is 2.10. The Morgan fingerprint density at radius 2 is 1.86 bits per heavy atom. The number of aryl methyl sites for hydroxylation is 1. The average molecular weight is 323 g/mol. The summed E-state index contributed by atoms with van der Waals surface area (Å²) in [5.74, 6) is 0.763. The summed E-state index contributed by atoms with van der Waals surface area (Å²) in [6, 6.07) is 8.55. The van der Waals surface area contributed by atoms with E-state index in [1.807, 2.05) is 0 Å². The van der Waals surface area contributed by atoms with Crippen molar-refractivity contribution in [3.63, 3.8) is 0 Å². The van der Waals surface area contributed by atoms with Crippen molar-refractivity contribution in [1.82, 2.24) is 9.78 Å². The minimum atomic E-state index is -0.259. The maximum Gasteiger partial charge on any atom is 0.286 e. The Hall–Kier alpha value is -1.26. The van der Waals surface area contributed by atoms with Crippen LogP contribution in [-0.2, 0) is 18.2 Å². The van der Waals surface area contributed by atoms with Gasteiger partial charge in [-0.05, 0) is 16.5 Å². The van der Waals surface area contributed by atoms with Crippen LogP contribution in [0.15, 0.2) is 40.2 Å². The molecule has 5 heteroatoms. The molecule has 0 spiro atoms. The zero-order valence-corrected chi connectivity index (χ0v) is 14.3. The van der Waals surface area contributed by atoms with Gasteiger partial charge in [0.05, 0.1) is 11.1 Å². The first kappa shape index (κ1) is 16.1. The fraction of sp³-hybridized carbons (Fsp3) is 0.375. The lowest BCUT2D eigenvalue weighted by Gasteiger charge is -2.19. The lowest BCUT2D eigenvalue weighted by Crippen LogP contribution is -2.19. The first-order chi connectivity index (χ1) is 9.79. The largest absolute Gasteiger partial charge is 0.286 e. The summed E-state index contributed by atoms with van der Waals surface area (Å²) in [4.78, 5) is 12.4. The third-order valence-electron chi connectivity index (χ3n) is 3.26.